The highest BCUT2D eigenvalue weighted by Gasteiger charge is 2.35. The molecule has 0 aliphatic heterocycles. The van der Waals surface area contributed by atoms with Crippen LogP contribution in [-0.4, -0.2) is 0 Å². The number of fused-ring (bicyclic) bond motifs is 8. The van der Waals surface area contributed by atoms with Gasteiger partial charge in [0.05, 0.1) is 0 Å². The molecule has 10 rings (SSSR count). The molecule has 0 spiro atoms. The molecule has 0 unspecified atom stereocenters. The first kappa shape index (κ1) is 30.4. The molecule has 0 radical (unpaired) electrons. The summed E-state index contributed by atoms with van der Waals surface area (Å²) in [5.74, 6) is 0. The molecule has 1 aliphatic carbocycles. The number of rotatable bonds is 5. The van der Waals surface area contributed by atoms with Gasteiger partial charge >= 0.3 is 0 Å². The SMILES string of the molecule is CC1(C)c2ccccc2-c2cc3c(ccc4ccc5cc(-c6cc(-c7ccccc7)cc(N(c7ccccc7)c7ccccc7)c6)ccc5c43)cc21. The minimum absolute atomic E-state index is 0.0214. The highest BCUT2D eigenvalue weighted by atomic mass is 15.1. The molecule has 1 aliphatic rings. The normalized spacial score (nSPS) is 13.0. The van der Waals surface area contributed by atoms with Crippen molar-refractivity contribution < 1.29 is 0 Å². The Hall–Kier alpha value is -6.44. The lowest BCUT2D eigenvalue weighted by atomic mass is 9.81. The van der Waals surface area contributed by atoms with Crippen LogP contribution in [0.25, 0.3) is 65.7 Å². The van der Waals surface area contributed by atoms with E-state index in [2.05, 4.69) is 207 Å². The van der Waals surface area contributed by atoms with Crippen molar-refractivity contribution in [3.63, 3.8) is 0 Å². The maximum Gasteiger partial charge on any atom is 0.0473 e. The third-order valence-corrected chi connectivity index (χ3v) is 11.2. The van der Waals surface area contributed by atoms with Crippen molar-refractivity contribution in [3.05, 3.63) is 199 Å². The van der Waals surface area contributed by atoms with Crippen molar-refractivity contribution in [1.29, 1.82) is 0 Å². The van der Waals surface area contributed by atoms with Gasteiger partial charge in [0.25, 0.3) is 0 Å². The summed E-state index contributed by atoms with van der Waals surface area (Å²) in [4.78, 5) is 2.36. The van der Waals surface area contributed by atoms with E-state index in [0.29, 0.717) is 0 Å². The Balaban J connectivity index is 1.17. The standard InChI is InChI=1S/C51H37N/c1-51(2)48-21-13-12-20-45(48)47-33-46-38(32-49(47)51)25-23-35-22-24-37-28-36(26-27-44(37)50(35)46)40-29-39(34-14-6-3-7-15-34)30-43(31-40)52(41-16-8-4-9-17-41)42-18-10-5-11-19-42/h3-33H,1-2H3. The van der Waals surface area contributed by atoms with Crippen molar-refractivity contribution in [1.82, 2.24) is 0 Å². The first-order valence-corrected chi connectivity index (χ1v) is 18.2. The Labute approximate surface area is 305 Å². The fraction of sp³-hybridized carbons (Fsp3) is 0.0588. The van der Waals surface area contributed by atoms with Crippen molar-refractivity contribution in [2.24, 2.45) is 0 Å². The summed E-state index contributed by atoms with van der Waals surface area (Å²) in [5, 5.41) is 7.74. The topological polar surface area (TPSA) is 3.24 Å². The van der Waals surface area contributed by atoms with Crippen LogP contribution in [0.1, 0.15) is 25.0 Å². The molecule has 0 atom stereocenters. The summed E-state index contributed by atoms with van der Waals surface area (Å²) >= 11 is 0. The van der Waals surface area contributed by atoms with E-state index >= 15 is 0 Å². The van der Waals surface area contributed by atoms with Gasteiger partial charge in [-0.15, -0.1) is 0 Å². The second kappa shape index (κ2) is 11.8. The van der Waals surface area contributed by atoms with E-state index in [1.165, 1.54) is 76.8 Å². The first-order valence-electron chi connectivity index (χ1n) is 18.2. The van der Waals surface area contributed by atoms with Crippen LogP contribution in [0.2, 0.25) is 0 Å². The van der Waals surface area contributed by atoms with Crippen LogP contribution < -0.4 is 4.90 Å². The van der Waals surface area contributed by atoms with Gasteiger partial charge in [-0.3, -0.25) is 0 Å². The smallest absolute Gasteiger partial charge is 0.0473 e. The maximum absolute atomic E-state index is 2.46. The van der Waals surface area contributed by atoms with Gasteiger partial charge in [0.15, 0.2) is 0 Å². The second-order valence-corrected chi connectivity index (χ2v) is 14.6. The van der Waals surface area contributed by atoms with Crippen LogP contribution >= 0.6 is 0 Å². The molecule has 0 amide bonds. The molecule has 0 saturated carbocycles. The number of para-hydroxylation sites is 2. The van der Waals surface area contributed by atoms with Gasteiger partial charge in [0.2, 0.25) is 0 Å². The number of nitrogens with zero attached hydrogens (tertiary/aromatic N) is 1. The monoisotopic (exact) mass is 663 g/mol. The van der Waals surface area contributed by atoms with Crippen LogP contribution in [-0.2, 0) is 5.41 Å². The number of benzene rings is 9. The van der Waals surface area contributed by atoms with E-state index in [-0.39, 0.29) is 5.41 Å². The van der Waals surface area contributed by atoms with Crippen molar-refractivity contribution >= 4 is 49.4 Å². The summed E-state index contributed by atoms with van der Waals surface area (Å²) < 4.78 is 0. The molecule has 0 heterocycles. The quantitative estimate of drug-likeness (QED) is 0.166. The molecule has 1 nitrogen and oxygen atoms in total. The second-order valence-electron chi connectivity index (χ2n) is 14.6. The minimum Gasteiger partial charge on any atom is -0.310 e. The summed E-state index contributed by atoms with van der Waals surface area (Å²) in [5.41, 5.74) is 13.7. The molecule has 0 fully saturated rings. The van der Waals surface area contributed by atoms with E-state index in [1.807, 2.05) is 0 Å². The van der Waals surface area contributed by atoms with Crippen molar-refractivity contribution in [2.45, 2.75) is 19.3 Å². The predicted molar refractivity (Wildman–Crippen MR) is 222 cm³/mol. The molecule has 0 N–H and O–H groups in total. The molecule has 0 aromatic heterocycles. The Morgan fingerprint density at radius 2 is 0.923 bits per heavy atom. The summed E-state index contributed by atoms with van der Waals surface area (Å²) in [7, 11) is 0. The van der Waals surface area contributed by atoms with Crippen LogP contribution in [0.5, 0.6) is 0 Å². The summed E-state index contributed by atoms with van der Waals surface area (Å²) in [6.07, 6.45) is 0. The zero-order chi connectivity index (χ0) is 34.8. The fourth-order valence-electron chi connectivity index (χ4n) is 8.57. The molecular weight excluding hydrogens is 627 g/mol. The van der Waals surface area contributed by atoms with E-state index in [1.54, 1.807) is 0 Å². The van der Waals surface area contributed by atoms with Crippen molar-refractivity contribution in [3.8, 4) is 33.4 Å². The van der Waals surface area contributed by atoms with Gasteiger partial charge in [-0.2, -0.15) is 0 Å². The minimum atomic E-state index is -0.0214. The Bertz CT molecular complexity index is 2760. The average Bonchev–Trinajstić information content (AvgIpc) is 3.42. The van der Waals surface area contributed by atoms with Gasteiger partial charge in [-0.1, -0.05) is 141 Å². The molecular formula is C51H37N. The third-order valence-electron chi connectivity index (χ3n) is 11.2. The number of hydrogen-bond acceptors (Lipinski definition) is 1. The van der Waals surface area contributed by atoms with Crippen LogP contribution in [0.15, 0.2) is 188 Å². The molecule has 52 heavy (non-hydrogen) atoms. The van der Waals surface area contributed by atoms with Crippen LogP contribution in [0, 0.1) is 0 Å². The van der Waals surface area contributed by atoms with Crippen LogP contribution in [0.4, 0.5) is 17.1 Å². The zero-order valence-corrected chi connectivity index (χ0v) is 29.3. The molecule has 0 bridgehead atoms. The summed E-state index contributed by atoms with van der Waals surface area (Å²) in [6.45, 7) is 4.72. The lowest BCUT2D eigenvalue weighted by Gasteiger charge is -2.27. The van der Waals surface area contributed by atoms with Crippen LogP contribution in [0.3, 0.4) is 0 Å². The predicted octanol–water partition coefficient (Wildman–Crippen LogP) is 14.3. The molecule has 246 valence electrons. The lowest BCUT2D eigenvalue weighted by Crippen LogP contribution is -2.14. The van der Waals surface area contributed by atoms with E-state index in [0.717, 1.165) is 17.1 Å². The zero-order valence-electron chi connectivity index (χ0n) is 29.3. The van der Waals surface area contributed by atoms with Gasteiger partial charge in [-0.05, 0) is 137 Å². The van der Waals surface area contributed by atoms with Crippen molar-refractivity contribution in [2.75, 3.05) is 4.90 Å². The highest BCUT2D eigenvalue weighted by Crippen LogP contribution is 2.51. The van der Waals surface area contributed by atoms with E-state index < -0.39 is 0 Å². The first-order chi connectivity index (χ1) is 25.5. The van der Waals surface area contributed by atoms with E-state index in [4.69, 9.17) is 0 Å². The largest absolute Gasteiger partial charge is 0.310 e. The third kappa shape index (κ3) is 4.85. The average molecular weight is 664 g/mol. The molecule has 0 saturated heterocycles. The van der Waals surface area contributed by atoms with Gasteiger partial charge in [0.1, 0.15) is 0 Å². The Morgan fingerprint density at radius 3 is 1.62 bits per heavy atom. The Morgan fingerprint density at radius 1 is 0.346 bits per heavy atom. The molecule has 1 heteroatoms. The van der Waals surface area contributed by atoms with E-state index in [9.17, 15) is 0 Å². The van der Waals surface area contributed by atoms with Gasteiger partial charge in [0, 0.05) is 22.5 Å². The summed E-state index contributed by atoms with van der Waals surface area (Å²) in [6, 6.07) is 69.1. The molecule has 9 aromatic carbocycles. The number of anilines is 3. The van der Waals surface area contributed by atoms with Gasteiger partial charge in [-0.25, -0.2) is 0 Å². The number of hydrogen-bond donors (Lipinski definition) is 0. The van der Waals surface area contributed by atoms with Gasteiger partial charge < -0.3 is 4.90 Å². The maximum atomic E-state index is 2.46. The Kier molecular flexibility index (Phi) is 6.91. The highest BCUT2D eigenvalue weighted by molar-refractivity contribution is 6.21. The fourth-order valence-corrected chi connectivity index (χ4v) is 8.57. The lowest BCUT2D eigenvalue weighted by molar-refractivity contribution is 0.661. The molecule has 9 aromatic rings.